The number of hydrogen-bond acceptors (Lipinski definition) is 6. The fraction of sp³-hybridized carbons (Fsp3) is 0.500. The molecule has 2 aromatic rings. The summed E-state index contributed by atoms with van der Waals surface area (Å²) in [5.74, 6) is -0.0960. The second kappa shape index (κ2) is 11.5. The highest BCUT2D eigenvalue weighted by Crippen LogP contribution is 2.38. The van der Waals surface area contributed by atoms with Crippen molar-refractivity contribution in [2.45, 2.75) is 44.8 Å². The van der Waals surface area contributed by atoms with Crippen molar-refractivity contribution < 1.29 is 27.8 Å². The van der Waals surface area contributed by atoms with E-state index in [0.717, 1.165) is 32.2 Å². The zero-order valence-corrected chi connectivity index (χ0v) is 20.0. The lowest BCUT2D eigenvalue weighted by atomic mass is 9.98. The molecule has 0 radical (unpaired) electrons. The van der Waals surface area contributed by atoms with Gasteiger partial charge in [0.05, 0.1) is 22.6 Å². The lowest BCUT2D eigenvalue weighted by molar-refractivity contribution is -0.155. The number of halogens is 4. The third-order valence-corrected chi connectivity index (χ3v) is 6.61. The van der Waals surface area contributed by atoms with E-state index in [1.54, 1.807) is 12.1 Å². The second-order valence-corrected chi connectivity index (χ2v) is 9.41. The molecule has 4 rings (SSSR count). The summed E-state index contributed by atoms with van der Waals surface area (Å²) in [4.78, 5) is 16.9. The standard InChI is InChI=1S/C24H26Cl2F2N2O4/c25-18-11-30-12-19(26)17(18)9-21(33-23(31)16-2-1-7-29-10-16)15-5-6-20(34-24(27)28)22(8-15)32-13-14-3-4-14/h5-6,8,11-12,14,16,21,24,29H,1-4,7,9-10,13H2/t16-,21+/m1/s1. The number of carbonyl (C=O) groups is 1. The fourth-order valence-corrected chi connectivity index (χ4v) is 4.38. The summed E-state index contributed by atoms with van der Waals surface area (Å²) in [6, 6.07) is 4.57. The topological polar surface area (TPSA) is 69.7 Å². The number of carbonyl (C=O) groups excluding carboxylic acids is 1. The summed E-state index contributed by atoms with van der Waals surface area (Å²) in [5, 5.41) is 3.89. The van der Waals surface area contributed by atoms with Crippen LogP contribution in [0.4, 0.5) is 8.78 Å². The van der Waals surface area contributed by atoms with E-state index in [0.29, 0.717) is 40.2 Å². The van der Waals surface area contributed by atoms with Crippen LogP contribution in [0.1, 0.15) is 42.9 Å². The van der Waals surface area contributed by atoms with Gasteiger partial charge in [0.2, 0.25) is 0 Å². The van der Waals surface area contributed by atoms with Crippen molar-refractivity contribution in [3.63, 3.8) is 0 Å². The third kappa shape index (κ3) is 6.71. The first-order chi connectivity index (χ1) is 16.4. The maximum atomic E-state index is 13.0. The van der Waals surface area contributed by atoms with E-state index in [4.69, 9.17) is 32.7 Å². The Hall–Kier alpha value is -2.16. The first-order valence-corrected chi connectivity index (χ1v) is 12.1. The summed E-state index contributed by atoms with van der Waals surface area (Å²) < 4.78 is 42.3. The Balaban J connectivity index is 1.63. The van der Waals surface area contributed by atoms with Crippen molar-refractivity contribution in [2.24, 2.45) is 11.8 Å². The highest BCUT2D eigenvalue weighted by Gasteiger charge is 2.29. The SMILES string of the molecule is O=C(O[C@@H](Cc1c(Cl)cncc1Cl)c1ccc(OC(F)F)c(OCC2CC2)c1)[C@@H]1CCCNC1. The van der Waals surface area contributed by atoms with Crippen molar-refractivity contribution >= 4 is 29.2 Å². The average Bonchev–Trinajstić information content (AvgIpc) is 3.65. The van der Waals surface area contributed by atoms with Crippen LogP contribution in [-0.2, 0) is 16.0 Å². The Morgan fingerprint density at radius 1 is 1.15 bits per heavy atom. The van der Waals surface area contributed by atoms with Crippen molar-refractivity contribution in [1.29, 1.82) is 0 Å². The van der Waals surface area contributed by atoms with E-state index >= 15 is 0 Å². The lowest BCUT2D eigenvalue weighted by Crippen LogP contribution is -2.36. The first kappa shape index (κ1) is 24.9. The van der Waals surface area contributed by atoms with Gasteiger partial charge in [0.1, 0.15) is 6.10 Å². The fourth-order valence-electron chi connectivity index (χ4n) is 3.86. The van der Waals surface area contributed by atoms with Crippen LogP contribution >= 0.6 is 23.2 Å². The molecule has 2 fully saturated rings. The summed E-state index contributed by atoms with van der Waals surface area (Å²) in [6.45, 7) is -1.18. The first-order valence-electron chi connectivity index (χ1n) is 11.3. The van der Waals surface area contributed by atoms with Gasteiger partial charge in [-0.2, -0.15) is 8.78 Å². The zero-order chi connectivity index (χ0) is 24.1. The third-order valence-electron chi connectivity index (χ3n) is 5.96. The van der Waals surface area contributed by atoms with Gasteiger partial charge >= 0.3 is 12.6 Å². The van der Waals surface area contributed by atoms with E-state index in [1.807, 2.05) is 0 Å². The maximum Gasteiger partial charge on any atom is 0.387 e. The molecule has 6 nitrogen and oxygen atoms in total. The maximum absolute atomic E-state index is 13.0. The minimum Gasteiger partial charge on any atom is -0.489 e. The summed E-state index contributed by atoms with van der Waals surface area (Å²) >= 11 is 12.7. The number of aromatic nitrogens is 1. The van der Waals surface area contributed by atoms with Crippen LogP contribution in [0.5, 0.6) is 11.5 Å². The molecule has 0 spiro atoms. The molecule has 1 saturated heterocycles. The van der Waals surface area contributed by atoms with Gasteiger partial charge in [-0.25, -0.2) is 0 Å². The Morgan fingerprint density at radius 3 is 2.56 bits per heavy atom. The van der Waals surface area contributed by atoms with Gasteiger partial charge < -0.3 is 19.5 Å². The van der Waals surface area contributed by atoms with E-state index in [-0.39, 0.29) is 29.8 Å². The Labute approximate surface area is 206 Å². The molecular weight excluding hydrogens is 489 g/mol. The average molecular weight is 515 g/mol. The molecule has 0 bridgehead atoms. The molecule has 2 atom stereocenters. The molecular formula is C24H26Cl2F2N2O4. The number of rotatable bonds is 10. The van der Waals surface area contributed by atoms with Crippen LogP contribution in [0.15, 0.2) is 30.6 Å². The normalized spacial score (nSPS) is 19.0. The number of nitrogens with zero attached hydrogens (tertiary/aromatic N) is 1. The molecule has 184 valence electrons. The molecule has 34 heavy (non-hydrogen) atoms. The largest absolute Gasteiger partial charge is 0.489 e. The Morgan fingerprint density at radius 2 is 1.91 bits per heavy atom. The van der Waals surface area contributed by atoms with Crippen molar-refractivity contribution in [3.05, 3.63) is 51.8 Å². The van der Waals surface area contributed by atoms with Gasteiger partial charge in [0, 0.05) is 25.4 Å². The number of benzene rings is 1. The van der Waals surface area contributed by atoms with Crippen LogP contribution in [0.2, 0.25) is 10.0 Å². The molecule has 1 saturated carbocycles. The van der Waals surface area contributed by atoms with E-state index < -0.39 is 12.7 Å². The Bertz CT molecular complexity index is 981. The van der Waals surface area contributed by atoms with Gasteiger partial charge in [-0.15, -0.1) is 0 Å². The number of ether oxygens (including phenoxy) is 3. The Kier molecular flexibility index (Phi) is 8.45. The molecule has 0 amide bonds. The molecule has 10 heteroatoms. The molecule has 1 N–H and O–H groups in total. The number of alkyl halides is 2. The van der Waals surface area contributed by atoms with Crippen LogP contribution in [0.25, 0.3) is 0 Å². The van der Waals surface area contributed by atoms with Gasteiger partial charge in [0.25, 0.3) is 0 Å². The lowest BCUT2D eigenvalue weighted by Gasteiger charge is -2.26. The zero-order valence-electron chi connectivity index (χ0n) is 18.4. The number of pyridine rings is 1. The monoisotopic (exact) mass is 514 g/mol. The molecule has 2 heterocycles. The van der Waals surface area contributed by atoms with E-state index in [2.05, 4.69) is 15.0 Å². The number of hydrogen-bond donors (Lipinski definition) is 1. The van der Waals surface area contributed by atoms with Gasteiger partial charge in [-0.1, -0.05) is 29.3 Å². The summed E-state index contributed by atoms with van der Waals surface area (Å²) in [6.07, 6.45) is 6.04. The van der Waals surface area contributed by atoms with E-state index in [1.165, 1.54) is 18.5 Å². The highest BCUT2D eigenvalue weighted by atomic mass is 35.5. The van der Waals surface area contributed by atoms with Crippen LogP contribution < -0.4 is 14.8 Å². The number of esters is 1. The van der Waals surface area contributed by atoms with Crippen LogP contribution in [0, 0.1) is 11.8 Å². The molecule has 1 aromatic heterocycles. The summed E-state index contributed by atoms with van der Waals surface area (Å²) in [7, 11) is 0. The van der Waals surface area contributed by atoms with Crippen molar-refractivity contribution in [1.82, 2.24) is 10.3 Å². The van der Waals surface area contributed by atoms with Gasteiger partial charge in [0.15, 0.2) is 11.5 Å². The molecule has 1 aromatic carbocycles. The van der Waals surface area contributed by atoms with Crippen molar-refractivity contribution in [3.8, 4) is 11.5 Å². The number of nitrogens with one attached hydrogen (secondary N) is 1. The molecule has 1 aliphatic carbocycles. The quantitative estimate of drug-likeness (QED) is 0.416. The summed E-state index contributed by atoms with van der Waals surface area (Å²) in [5.41, 5.74) is 1.14. The predicted molar refractivity (Wildman–Crippen MR) is 124 cm³/mol. The minimum absolute atomic E-state index is 0.0686. The van der Waals surface area contributed by atoms with Crippen molar-refractivity contribution in [2.75, 3.05) is 19.7 Å². The van der Waals surface area contributed by atoms with Crippen LogP contribution in [0.3, 0.4) is 0 Å². The number of piperidine rings is 1. The molecule has 2 aliphatic rings. The molecule has 0 unspecified atom stereocenters. The predicted octanol–water partition coefficient (Wildman–Crippen LogP) is 5.61. The molecule has 1 aliphatic heterocycles. The van der Waals surface area contributed by atoms with Gasteiger partial charge in [-0.05, 0) is 61.4 Å². The van der Waals surface area contributed by atoms with Crippen LogP contribution in [-0.4, -0.2) is 37.3 Å². The van der Waals surface area contributed by atoms with Gasteiger partial charge in [-0.3, -0.25) is 9.78 Å². The minimum atomic E-state index is -2.99. The van der Waals surface area contributed by atoms with E-state index in [9.17, 15) is 13.6 Å². The smallest absolute Gasteiger partial charge is 0.387 e. The highest BCUT2D eigenvalue weighted by molar-refractivity contribution is 6.35. The second-order valence-electron chi connectivity index (χ2n) is 8.59.